The number of halogens is 3. The number of carbonyl (C=O) groups excluding carboxylic acids is 1. The predicted molar refractivity (Wildman–Crippen MR) is 87.4 cm³/mol. The van der Waals surface area contributed by atoms with E-state index in [1.807, 2.05) is 0 Å². The fourth-order valence-electron chi connectivity index (χ4n) is 2.70. The van der Waals surface area contributed by atoms with Gasteiger partial charge >= 0.3 is 6.03 Å². The Balaban J connectivity index is 1.69. The molecular formula is C17H16F3N3O2. The van der Waals surface area contributed by atoms with Gasteiger partial charge < -0.3 is 15.1 Å². The molecule has 5 nitrogen and oxygen atoms in total. The first-order valence-corrected chi connectivity index (χ1v) is 7.64. The van der Waals surface area contributed by atoms with E-state index in [4.69, 9.17) is 4.42 Å². The molecule has 25 heavy (non-hydrogen) atoms. The second-order valence-corrected chi connectivity index (χ2v) is 5.78. The number of rotatable bonds is 4. The summed E-state index contributed by atoms with van der Waals surface area (Å²) in [7, 11) is 0. The standard InChI is InChI=1S/C17H16F3N3O2/c1-8-12-5-10(18)3-4-14(12)25-15(8)9(2)22-17(24)23-11-6-13(16(19)20)21-7-11/h3-7,9,13,16H,1-2H3,(H2,22,23,24)/t9-,13?/m1/s1. The molecule has 0 radical (unpaired) electrons. The van der Waals surface area contributed by atoms with Crippen molar-refractivity contribution in [2.24, 2.45) is 4.99 Å². The van der Waals surface area contributed by atoms with E-state index >= 15 is 0 Å². The number of nitrogens with one attached hydrogen (secondary N) is 2. The maximum absolute atomic E-state index is 13.4. The summed E-state index contributed by atoms with van der Waals surface area (Å²) in [5.74, 6) is 0.123. The molecule has 2 heterocycles. The number of furan rings is 1. The van der Waals surface area contributed by atoms with Gasteiger partial charge in [-0.15, -0.1) is 0 Å². The molecule has 2 N–H and O–H groups in total. The number of aryl methyl sites for hydroxylation is 1. The van der Waals surface area contributed by atoms with Crippen LogP contribution in [0.15, 0.2) is 39.4 Å². The van der Waals surface area contributed by atoms with Crippen LogP contribution < -0.4 is 10.6 Å². The van der Waals surface area contributed by atoms with E-state index in [-0.39, 0.29) is 11.5 Å². The lowest BCUT2D eigenvalue weighted by atomic mass is 10.1. The van der Waals surface area contributed by atoms with Gasteiger partial charge in [-0.3, -0.25) is 4.99 Å². The fourth-order valence-corrected chi connectivity index (χ4v) is 2.70. The van der Waals surface area contributed by atoms with Crippen molar-refractivity contribution in [1.29, 1.82) is 0 Å². The molecule has 1 unspecified atom stereocenters. The molecule has 0 spiro atoms. The topological polar surface area (TPSA) is 66.6 Å². The first-order chi connectivity index (χ1) is 11.8. The Morgan fingerprint density at radius 2 is 2.12 bits per heavy atom. The van der Waals surface area contributed by atoms with Gasteiger partial charge in [-0.05, 0) is 38.1 Å². The molecule has 2 amide bonds. The van der Waals surface area contributed by atoms with E-state index in [2.05, 4.69) is 15.6 Å². The lowest BCUT2D eigenvalue weighted by molar-refractivity contribution is 0.135. The smallest absolute Gasteiger partial charge is 0.319 e. The summed E-state index contributed by atoms with van der Waals surface area (Å²) in [4.78, 5) is 15.6. The minimum atomic E-state index is -2.61. The summed E-state index contributed by atoms with van der Waals surface area (Å²) >= 11 is 0. The highest BCUT2D eigenvalue weighted by atomic mass is 19.3. The van der Waals surface area contributed by atoms with Crippen LogP contribution in [0.25, 0.3) is 11.0 Å². The molecule has 1 aromatic heterocycles. The van der Waals surface area contributed by atoms with Crippen molar-refractivity contribution in [3.63, 3.8) is 0 Å². The number of hydrogen-bond acceptors (Lipinski definition) is 3. The quantitative estimate of drug-likeness (QED) is 0.879. The molecule has 8 heteroatoms. The zero-order valence-corrected chi connectivity index (χ0v) is 13.5. The Bertz CT molecular complexity index is 873. The number of hydrogen-bond donors (Lipinski definition) is 2. The Morgan fingerprint density at radius 1 is 1.36 bits per heavy atom. The number of amides is 2. The molecule has 1 aliphatic heterocycles. The minimum Gasteiger partial charge on any atom is -0.459 e. The average Bonchev–Trinajstić information content (AvgIpc) is 3.13. The van der Waals surface area contributed by atoms with Gasteiger partial charge in [-0.25, -0.2) is 18.0 Å². The third-order valence-electron chi connectivity index (χ3n) is 3.93. The van der Waals surface area contributed by atoms with Gasteiger partial charge in [-0.2, -0.15) is 0 Å². The van der Waals surface area contributed by atoms with E-state index in [1.54, 1.807) is 13.8 Å². The Labute approximate surface area is 141 Å². The van der Waals surface area contributed by atoms with Gasteiger partial charge in [0.1, 0.15) is 23.2 Å². The maximum Gasteiger partial charge on any atom is 0.319 e. The fraction of sp³-hybridized carbons (Fsp3) is 0.294. The van der Waals surface area contributed by atoms with E-state index in [9.17, 15) is 18.0 Å². The first kappa shape index (κ1) is 17.1. The van der Waals surface area contributed by atoms with Gasteiger partial charge in [0.2, 0.25) is 0 Å². The molecule has 0 bridgehead atoms. The molecule has 132 valence electrons. The normalized spacial score (nSPS) is 17.8. The molecule has 0 fully saturated rings. The maximum atomic E-state index is 13.4. The molecule has 0 saturated heterocycles. The predicted octanol–water partition coefficient (Wildman–Crippen LogP) is 3.84. The zero-order valence-electron chi connectivity index (χ0n) is 13.5. The number of allylic oxidation sites excluding steroid dienone is 1. The SMILES string of the molecule is Cc1c([C@@H](C)NC(=O)NC2=CC(C(F)F)N=C2)oc2ccc(F)cc12. The summed E-state index contributed by atoms with van der Waals surface area (Å²) in [6.07, 6.45) is -0.239. The average molecular weight is 351 g/mol. The van der Waals surface area contributed by atoms with E-state index < -0.39 is 24.5 Å². The second kappa shape index (κ2) is 6.62. The molecular weight excluding hydrogens is 335 g/mol. The van der Waals surface area contributed by atoms with Gasteiger partial charge in [-0.1, -0.05) is 0 Å². The summed E-state index contributed by atoms with van der Waals surface area (Å²) in [5.41, 5.74) is 1.45. The highest BCUT2D eigenvalue weighted by Gasteiger charge is 2.23. The first-order valence-electron chi connectivity index (χ1n) is 7.64. The van der Waals surface area contributed by atoms with E-state index in [0.29, 0.717) is 16.7 Å². The summed E-state index contributed by atoms with van der Waals surface area (Å²) in [6.45, 7) is 3.48. The number of aliphatic imine (C=N–C) groups is 1. The van der Waals surface area contributed by atoms with Crippen molar-refractivity contribution >= 4 is 23.2 Å². The highest BCUT2D eigenvalue weighted by molar-refractivity contribution is 5.89. The molecule has 2 atom stereocenters. The summed E-state index contributed by atoms with van der Waals surface area (Å²) in [5, 5.41) is 5.74. The van der Waals surface area contributed by atoms with Crippen LogP contribution >= 0.6 is 0 Å². The van der Waals surface area contributed by atoms with Crippen LogP contribution in [0.1, 0.15) is 24.3 Å². The van der Waals surface area contributed by atoms with Crippen molar-refractivity contribution in [3.05, 3.63) is 47.1 Å². The van der Waals surface area contributed by atoms with Gasteiger partial charge in [0.25, 0.3) is 6.43 Å². The lowest BCUT2D eigenvalue weighted by Crippen LogP contribution is -2.36. The molecule has 1 aromatic carbocycles. The number of alkyl halides is 2. The lowest BCUT2D eigenvalue weighted by Gasteiger charge is -2.13. The molecule has 0 aliphatic carbocycles. The minimum absolute atomic E-state index is 0.207. The van der Waals surface area contributed by atoms with Crippen molar-refractivity contribution < 1.29 is 22.4 Å². The Kier molecular flexibility index (Phi) is 4.52. The van der Waals surface area contributed by atoms with Gasteiger partial charge in [0.15, 0.2) is 0 Å². The highest BCUT2D eigenvalue weighted by Crippen LogP contribution is 2.29. The number of nitrogens with zero attached hydrogens (tertiary/aromatic N) is 1. The Hall–Kier alpha value is -2.77. The van der Waals surface area contributed by atoms with Crippen LogP contribution in [0.2, 0.25) is 0 Å². The second-order valence-electron chi connectivity index (χ2n) is 5.78. The van der Waals surface area contributed by atoms with Crippen LogP contribution in [-0.2, 0) is 0 Å². The van der Waals surface area contributed by atoms with Crippen molar-refractivity contribution in [2.75, 3.05) is 0 Å². The van der Waals surface area contributed by atoms with Crippen LogP contribution in [0.5, 0.6) is 0 Å². The monoisotopic (exact) mass is 351 g/mol. The van der Waals surface area contributed by atoms with Gasteiger partial charge in [0.05, 0.1) is 11.7 Å². The van der Waals surface area contributed by atoms with Crippen LogP contribution in [-0.4, -0.2) is 24.7 Å². The number of benzene rings is 1. The van der Waals surface area contributed by atoms with E-state index in [1.165, 1.54) is 30.5 Å². The summed E-state index contributed by atoms with van der Waals surface area (Å²) < 4.78 is 44.1. The molecule has 3 rings (SSSR count). The summed E-state index contributed by atoms with van der Waals surface area (Å²) in [6, 6.07) is 1.88. The molecule has 2 aromatic rings. The third kappa shape index (κ3) is 3.52. The third-order valence-corrected chi connectivity index (χ3v) is 3.93. The number of fused-ring (bicyclic) bond motifs is 1. The van der Waals surface area contributed by atoms with Crippen molar-refractivity contribution in [1.82, 2.24) is 10.6 Å². The van der Waals surface area contributed by atoms with Crippen LogP contribution in [0.4, 0.5) is 18.0 Å². The zero-order chi connectivity index (χ0) is 18.1. The van der Waals surface area contributed by atoms with Crippen LogP contribution in [0, 0.1) is 12.7 Å². The molecule has 1 aliphatic rings. The van der Waals surface area contributed by atoms with Crippen molar-refractivity contribution in [3.8, 4) is 0 Å². The Morgan fingerprint density at radius 3 is 2.80 bits per heavy atom. The molecule has 0 saturated carbocycles. The largest absolute Gasteiger partial charge is 0.459 e. The van der Waals surface area contributed by atoms with Gasteiger partial charge in [0, 0.05) is 17.2 Å². The van der Waals surface area contributed by atoms with E-state index in [0.717, 1.165) is 5.56 Å². The number of carbonyl (C=O) groups is 1. The van der Waals surface area contributed by atoms with Crippen molar-refractivity contribution in [2.45, 2.75) is 32.4 Å². The number of urea groups is 1. The van der Waals surface area contributed by atoms with Crippen LogP contribution in [0.3, 0.4) is 0 Å².